The van der Waals surface area contributed by atoms with Crippen LogP contribution < -0.4 is 20.9 Å². The maximum Gasteiger partial charge on any atom is 0.333 e. The molecule has 0 spiro atoms. The zero-order valence-electron chi connectivity index (χ0n) is 21.0. The number of benzene rings is 1. The highest BCUT2D eigenvalue weighted by Crippen LogP contribution is 2.24. The van der Waals surface area contributed by atoms with E-state index >= 15 is 0 Å². The lowest BCUT2D eigenvalue weighted by molar-refractivity contribution is -0.151. The summed E-state index contributed by atoms with van der Waals surface area (Å²) in [6.45, 7) is 10.1. The first-order chi connectivity index (χ1) is 17.2. The summed E-state index contributed by atoms with van der Waals surface area (Å²) in [7, 11) is 0. The van der Waals surface area contributed by atoms with Gasteiger partial charge in [0.25, 0.3) is 0 Å². The van der Waals surface area contributed by atoms with Gasteiger partial charge in [0.1, 0.15) is 35.9 Å². The molecule has 2 atom stereocenters. The second kappa shape index (κ2) is 17.6. The summed E-state index contributed by atoms with van der Waals surface area (Å²) in [5, 5.41) is 0. The molecule has 196 valence electrons. The Morgan fingerprint density at radius 2 is 1.44 bits per heavy atom. The lowest BCUT2D eigenvalue weighted by atomic mass is 10.1. The van der Waals surface area contributed by atoms with E-state index in [1.165, 1.54) is 0 Å². The molecule has 0 aliphatic rings. The van der Waals surface area contributed by atoms with Crippen molar-refractivity contribution in [1.29, 1.82) is 0 Å². The molecule has 1 rings (SSSR count). The number of hydrogen-bond donors (Lipinski definition) is 2. The van der Waals surface area contributed by atoms with Gasteiger partial charge in [-0.25, -0.2) is 4.79 Å². The molecule has 0 aromatic heterocycles. The van der Waals surface area contributed by atoms with Crippen molar-refractivity contribution in [2.24, 2.45) is 11.5 Å². The van der Waals surface area contributed by atoms with E-state index in [1.54, 1.807) is 39.0 Å². The van der Waals surface area contributed by atoms with Crippen molar-refractivity contribution in [3.63, 3.8) is 0 Å². The van der Waals surface area contributed by atoms with E-state index in [0.29, 0.717) is 43.1 Å². The Labute approximate surface area is 212 Å². The van der Waals surface area contributed by atoms with Crippen LogP contribution in [0.4, 0.5) is 0 Å². The largest absolute Gasteiger partial charge is 0.460 e. The molecule has 0 amide bonds. The van der Waals surface area contributed by atoms with Crippen molar-refractivity contribution >= 4 is 11.9 Å². The minimum atomic E-state index is -0.436. The van der Waals surface area contributed by atoms with Crippen LogP contribution in [0, 0.1) is 24.3 Å². The molecule has 10 nitrogen and oxygen atoms in total. The van der Waals surface area contributed by atoms with Crippen LogP contribution in [-0.4, -0.2) is 50.6 Å². The smallest absolute Gasteiger partial charge is 0.333 e. The maximum atomic E-state index is 12.2. The molecule has 0 fully saturated rings. The number of hydrogen-bond acceptors (Lipinski definition) is 10. The molecule has 0 aliphatic carbocycles. The molecule has 4 N–H and O–H groups in total. The van der Waals surface area contributed by atoms with Gasteiger partial charge in [-0.1, -0.05) is 6.58 Å². The van der Waals surface area contributed by atoms with E-state index in [-0.39, 0.29) is 31.7 Å². The Bertz CT molecular complexity index is 947. The van der Waals surface area contributed by atoms with Crippen LogP contribution in [0.5, 0.6) is 11.5 Å². The molecule has 0 bridgehead atoms. The van der Waals surface area contributed by atoms with Crippen LogP contribution in [0.1, 0.15) is 39.2 Å². The van der Waals surface area contributed by atoms with Gasteiger partial charge in [0.15, 0.2) is 0 Å². The third-order valence-corrected chi connectivity index (χ3v) is 4.29. The Morgan fingerprint density at radius 3 is 1.94 bits per heavy atom. The van der Waals surface area contributed by atoms with Crippen LogP contribution in [0.3, 0.4) is 0 Å². The van der Waals surface area contributed by atoms with Gasteiger partial charge in [-0.3, -0.25) is 4.79 Å². The summed E-state index contributed by atoms with van der Waals surface area (Å²) < 4.78 is 31.9. The predicted molar refractivity (Wildman–Crippen MR) is 132 cm³/mol. The monoisotopic (exact) mass is 502 g/mol. The molecule has 0 saturated heterocycles. The molecule has 0 heterocycles. The van der Waals surface area contributed by atoms with Gasteiger partial charge < -0.3 is 39.9 Å². The van der Waals surface area contributed by atoms with Gasteiger partial charge in [-0.15, -0.1) is 0 Å². The van der Waals surface area contributed by atoms with E-state index in [2.05, 4.69) is 30.9 Å². The van der Waals surface area contributed by atoms with Crippen molar-refractivity contribution in [1.82, 2.24) is 0 Å². The van der Waals surface area contributed by atoms with Gasteiger partial charge in [0, 0.05) is 43.4 Å². The second-order valence-electron chi connectivity index (χ2n) is 7.81. The zero-order chi connectivity index (χ0) is 26.8. The zero-order valence-corrected chi connectivity index (χ0v) is 21.0. The summed E-state index contributed by atoms with van der Waals surface area (Å²) >= 11 is 0. The SMILES string of the molecule is C=C(C)C(=O)OC(C)COCCCOCC(C)OC(=O)CCc1cc(OC#CN)cc(OC#CN)c1. The first-order valence-electron chi connectivity index (χ1n) is 11.4. The molecular formula is C26H34N2O8. The topological polar surface area (TPSA) is 142 Å². The Hall–Kier alpha value is -3.86. The minimum absolute atomic E-state index is 0.139. The number of ether oxygens (including phenoxy) is 6. The Balaban J connectivity index is 2.29. The van der Waals surface area contributed by atoms with E-state index in [1.807, 2.05) is 0 Å². The lowest BCUT2D eigenvalue weighted by Crippen LogP contribution is -2.22. The predicted octanol–water partition coefficient (Wildman–Crippen LogP) is 1.99. The molecule has 2 unspecified atom stereocenters. The first-order valence-corrected chi connectivity index (χ1v) is 11.4. The van der Waals surface area contributed by atoms with Crippen molar-refractivity contribution in [3.05, 3.63) is 35.9 Å². The lowest BCUT2D eigenvalue weighted by Gasteiger charge is -2.15. The highest BCUT2D eigenvalue weighted by atomic mass is 16.6. The summed E-state index contributed by atoms with van der Waals surface area (Å²) in [6.07, 6.45) is 4.98. The summed E-state index contributed by atoms with van der Waals surface area (Å²) in [5.41, 5.74) is 11.4. The summed E-state index contributed by atoms with van der Waals surface area (Å²) in [4.78, 5) is 23.6. The average molecular weight is 503 g/mol. The van der Waals surface area contributed by atoms with E-state index in [0.717, 1.165) is 5.56 Å². The molecule has 36 heavy (non-hydrogen) atoms. The van der Waals surface area contributed by atoms with Crippen molar-refractivity contribution in [2.45, 2.75) is 52.2 Å². The van der Waals surface area contributed by atoms with Crippen molar-refractivity contribution < 1.29 is 38.0 Å². The summed E-state index contributed by atoms with van der Waals surface area (Å²) in [5.74, 6) is -0.0274. The highest BCUT2D eigenvalue weighted by Gasteiger charge is 2.12. The van der Waals surface area contributed by atoms with E-state index in [9.17, 15) is 9.59 Å². The van der Waals surface area contributed by atoms with Gasteiger partial charge in [-0.05, 0) is 51.3 Å². The van der Waals surface area contributed by atoms with E-state index in [4.69, 9.17) is 39.9 Å². The number of esters is 2. The number of aryl methyl sites for hydroxylation is 1. The van der Waals surface area contributed by atoms with Gasteiger partial charge >= 0.3 is 11.9 Å². The van der Waals surface area contributed by atoms with Crippen molar-refractivity contribution in [2.75, 3.05) is 26.4 Å². The molecule has 10 heteroatoms. The molecular weight excluding hydrogens is 468 g/mol. The first kappa shape index (κ1) is 30.2. The molecule has 1 aromatic rings. The molecule has 0 saturated carbocycles. The standard InChI is InChI=1S/C26H34N2O8/c1-19(2)26(30)36-21(4)18-32-11-5-10-31-17-20(3)35-25(29)7-6-22-14-23(33-12-8-27)16-24(15-22)34-13-9-28/h14-16,20-21H,1,5-7,10-11,17-18,27-28H2,2-4H3. The van der Waals surface area contributed by atoms with Gasteiger partial charge in [0.2, 0.25) is 0 Å². The van der Waals surface area contributed by atoms with Gasteiger partial charge in [0.05, 0.1) is 13.2 Å². The number of nitrogens with two attached hydrogens (primary N) is 2. The fourth-order valence-electron chi connectivity index (χ4n) is 2.71. The number of carbonyl (C=O) groups is 2. The summed E-state index contributed by atoms with van der Waals surface area (Å²) in [6, 6.07) is 9.27. The van der Waals surface area contributed by atoms with Crippen LogP contribution in [0.2, 0.25) is 0 Å². The Morgan fingerprint density at radius 1 is 0.917 bits per heavy atom. The van der Waals surface area contributed by atoms with Crippen LogP contribution >= 0.6 is 0 Å². The molecule has 0 radical (unpaired) electrons. The maximum absolute atomic E-state index is 12.2. The average Bonchev–Trinajstić information content (AvgIpc) is 2.84. The third kappa shape index (κ3) is 13.8. The number of rotatable bonds is 16. The third-order valence-electron chi connectivity index (χ3n) is 4.29. The van der Waals surface area contributed by atoms with Crippen molar-refractivity contribution in [3.8, 4) is 35.8 Å². The highest BCUT2D eigenvalue weighted by molar-refractivity contribution is 5.87. The fourth-order valence-corrected chi connectivity index (χ4v) is 2.71. The Kier molecular flexibility index (Phi) is 14.7. The van der Waals surface area contributed by atoms with Crippen LogP contribution in [0.25, 0.3) is 0 Å². The minimum Gasteiger partial charge on any atom is -0.460 e. The van der Waals surface area contributed by atoms with E-state index < -0.39 is 12.1 Å². The second-order valence-corrected chi connectivity index (χ2v) is 7.81. The number of carbonyl (C=O) groups excluding carboxylic acids is 2. The quantitative estimate of drug-likeness (QED) is 0.113. The normalized spacial score (nSPS) is 11.5. The van der Waals surface area contributed by atoms with Crippen LogP contribution in [0.15, 0.2) is 30.4 Å². The van der Waals surface area contributed by atoms with Crippen LogP contribution in [-0.2, 0) is 35.0 Å². The fraction of sp³-hybridized carbons (Fsp3) is 0.462. The molecule has 1 aromatic carbocycles. The van der Waals surface area contributed by atoms with Gasteiger partial charge in [-0.2, -0.15) is 0 Å². The molecule has 0 aliphatic heterocycles.